The van der Waals surface area contributed by atoms with Gasteiger partial charge in [0.25, 0.3) is 5.91 Å². The van der Waals surface area contributed by atoms with Crippen LogP contribution in [0.3, 0.4) is 0 Å². The van der Waals surface area contributed by atoms with Gasteiger partial charge in [-0.1, -0.05) is 13.0 Å². The molecule has 20 heavy (non-hydrogen) atoms. The second-order valence-electron chi connectivity index (χ2n) is 5.06. The van der Waals surface area contributed by atoms with Crippen LogP contribution in [0.5, 0.6) is 0 Å². The molecule has 0 fully saturated rings. The van der Waals surface area contributed by atoms with Gasteiger partial charge in [0, 0.05) is 31.9 Å². The second kappa shape index (κ2) is 5.09. The first kappa shape index (κ1) is 12.9. The lowest BCUT2D eigenvalue weighted by Crippen LogP contribution is -2.13. The standard InChI is InChI=1S/C15H18N4O/c1-3-13-14(9-19(2)18-13)17-15(20)10-4-5-11-7-16-8-12(11)6-10/h4-6,9,16H,3,7-8H2,1-2H3,(H,17,20). The van der Waals surface area contributed by atoms with Gasteiger partial charge in [-0.15, -0.1) is 0 Å². The van der Waals surface area contributed by atoms with Crippen LogP contribution >= 0.6 is 0 Å². The number of rotatable bonds is 3. The molecule has 104 valence electrons. The van der Waals surface area contributed by atoms with Crippen molar-refractivity contribution < 1.29 is 4.79 Å². The van der Waals surface area contributed by atoms with E-state index in [9.17, 15) is 4.79 Å². The zero-order valence-electron chi connectivity index (χ0n) is 11.7. The van der Waals surface area contributed by atoms with E-state index in [1.807, 2.05) is 38.4 Å². The van der Waals surface area contributed by atoms with E-state index in [1.165, 1.54) is 11.1 Å². The SMILES string of the molecule is CCc1nn(C)cc1NC(=O)c1ccc2c(c1)CNC2. The van der Waals surface area contributed by atoms with Crippen molar-refractivity contribution in [3.63, 3.8) is 0 Å². The van der Waals surface area contributed by atoms with Gasteiger partial charge in [-0.25, -0.2) is 0 Å². The smallest absolute Gasteiger partial charge is 0.255 e. The van der Waals surface area contributed by atoms with Crippen LogP contribution in [0.25, 0.3) is 0 Å². The average molecular weight is 270 g/mol. The van der Waals surface area contributed by atoms with Crippen molar-refractivity contribution in [1.29, 1.82) is 0 Å². The van der Waals surface area contributed by atoms with Gasteiger partial charge in [0.1, 0.15) is 0 Å². The number of hydrogen-bond acceptors (Lipinski definition) is 3. The van der Waals surface area contributed by atoms with Crippen molar-refractivity contribution >= 4 is 11.6 Å². The number of hydrogen-bond donors (Lipinski definition) is 2. The summed E-state index contributed by atoms with van der Waals surface area (Å²) >= 11 is 0. The van der Waals surface area contributed by atoms with Crippen LogP contribution < -0.4 is 10.6 Å². The number of aryl methyl sites for hydroxylation is 2. The molecule has 3 rings (SSSR count). The minimum Gasteiger partial charge on any atom is -0.319 e. The van der Waals surface area contributed by atoms with Gasteiger partial charge in [-0.3, -0.25) is 9.48 Å². The molecule has 0 bridgehead atoms. The highest BCUT2D eigenvalue weighted by atomic mass is 16.1. The van der Waals surface area contributed by atoms with E-state index in [0.717, 1.165) is 30.9 Å². The normalized spacial score (nSPS) is 13.3. The molecule has 0 aliphatic carbocycles. The van der Waals surface area contributed by atoms with Gasteiger partial charge in [-0.2, -0.15) is 5.10 Å². The Kier molecular flexibility index (Phi) is 3.28. The van der Waals surface area contributed by atoms with E-state index >= 15 is 0 Å². The number of nitrogens with one attached hydrogen (secondary N) is 2. The molecule has 2 N–H and O–H groups in total. The van der Waals surface area contributed by atoms with Crippen LogP contribution in [0.2, 0.25) is 0 Å². The van der Waals surface area contributed by atoms with Crippen molar-refractivity contribution in [3.05, 3.63) is 46.8 Å². The van der Waals surface area contributed by atoms with Gasteiger partial charge in [0.05, 0.1) is 11.4 Å². The van der Waals surface area contributed by atoms with E-state index < -0.39 is 0 Å². The van der Waals surface area contributed by atoms with Crippen molar-refractivity contribution in [2.24, 2.45) is 7.05 Å². The van der Waals surface area contributed by atoms with Crippen molar-refractivity contribution in [2.45, 2.75) is 26.4 Å². The third-order valence-corrected chi connectivity index (χ3v) is 3.59. The molecule has 2 heterocycles. The largest absolute Gasteiger partial charge is 0.319 e. The predicted molar refractivity (Wildman–Crippen MR) is 77.5 cm³/mol. The number of anilines is 1. The van der Waals surface area contributed by atoms with Crippen LogP contribution in [-0.4, -0.2) is 15.7 Å². The molecule has 2 aromatic rings. The third kappa shape index (κ3) is 2.32. The molecule has 0 radical (unpaired) electrons. The molecule has 1 aromatic heterocycles. The highest BCUT2D eigenvalue weighted by Crippen LogP contribution is 2.19. The quantitative estimate of drug-likeness (QED) is 0.894. The Morgan fingerprint density at radius 2 is 2.20 bits per heavy atom. The maximum Gasteiger partial charge on any atom is 0.255 e. The number of benzene rings is 1. The minimum absolute atomic E-state index is 0.0811. The lowest BCUT2D eigenvalue weighted by Gasteiger charge is -2.06. The fraction of sp³-hybridized carbons (Fsp3) is 0.333. The van der Waals surface area contributed by atoms with Gasteiger partial charge in [0.2, 0.25) is 0 Å². The van der Waals surface area contributed by atoms with Crippen molar-refractivity contribution in [1.82, 2.24) is 15.1 Å². The monoisotopic (exact) mass is 270 g/mol. The Morgan fingerprint density at radius 1 is 1.40 bits per heavy atom. The Morgan fingerprint density at radius 3 is 3.00 bits per heavy atom. The van der Waals surface area contributed by atoms with Crippen molar-refractivity contribution in [3.8, 4) is 0 Å². The summed E-state index contributed by atoms with van der Waals surface area (Å²) < 4.78 is 1.72. The molecule has 0 atom stereocenters. The molecule has 0 saturated carbocycles. The first-order chi connectivity index (χ1) is 9.67. The molecule has 0 unspecified atom stereocenters. The summed E-state index contributed by atoms with van der Waals surface area (Å²) in [6, 6.07) is 5.87. The Labute approximate surface area is 118 Å². The lowest BCUT2D eigenvalue weighted by molar-refractivity contribution is 0.102. The topological polar surface area (TPSA) is 59.0 Å². The molecular formula is C15H18N4O. The van der Waals surface area contributed by atoms with Crippen LogP contribution in [0.15, 0.2) is 24.4 Å². The summed E-state index contributed by atoms with van der Waals surface area (Å²) in [4.78, 5) is 12.3. The van der Waals surface area contributed by atoms with Gasteiger partial charge >= 0.3 is 0 Å². The highest BCUT2D eigenvalue weighted by molar-refractivity contribution is 6.04. The van der Waals surface area contributed by atoms with Crippen LogP contribution in [0, 0.1) is 0 Å². The van der Waals surface area contributed by atoms with E-state index in [4.69, 9.17) is 0 Å². The zero-order valence-corrected chi connectivity index (χ0v) is 11.7. The number of aromatic nitrogens is 2. The lowest BCUT2D eigenvalue weighted by atomic mass is 10.1. The summed E-state index contributed by atoms with van der Waals surface area (Å²) in [6.45, 7) is 3.75. The summed E-state index contributed by atoms with van der Waals surface area (Å²) in [5, 5.41) is 10.6. The van der Waals surface area contributed by atoms with Gasteiger partial charge < -0.3 is 10.6 Å². The number of fused-ring (bicyclic) bond motifs is 1. The minimum atomic E-state index is -0.0811. The fourth-order valence-corrected chi connectivity index (χ4v) is 2.53. The number of nitrogens with zero attached hydrogens (tertiary/aromatic N) is 2. The van der Waals surface area contributed by atoms with Crippen LogP contribution in [-0.2, 0) is 26.6 Å². The Hall–Kier alpha value is -2.14. The molecule has 0 saturated heterocycles. The number of amides is 1. The van der Waals surface area contributed by atoms with Gasteiger partial charge in [-0.05, 0) is 29.7 Å². The molecule has 1 aromatic carbocycles. The van der Waals surface area contributed by atoms with E-state index in [2.05, 4.69) is 15.7 Å². The number of carbonyl (C=O) groups excluding carboxylic acids is 1. The molecule has 0 spiro atoms. The second-order valence-corrected chi connectivity index (χ2v) is 5.06. The summed E-state index contributed by atoms with van der Waals surface area (Å²) in [5.74, 6) is -0.0811. The summed E-state index contributed by atoms with van der Waals surface area (Å²) in [5.41, 5.74) is 4.87. The van der Waals surface area contributed by atoms with E-state index in [-0.39, 0.29) is 5.91 Å². The predicted octanol–water partition coefficient (Wildman–Crippen LogP) is 1.84. The first-order valence-electron chi connectivity index (χ1n) is 6.83. The molecule has 1 aliphatic heterocycles. The average Bonchev–Trinajstić information content (AvgIpc) is 3.03. The summed E-state index contributed by atoms with van der Waals surface area (Å²) in [6.07, 6.45) is 2.64. The highest BCUT2D eigenvalue weighted by Gasteiger charge is 2.15. The van der Waals surface area contributed by atoms with E-state index in [0.29, 0.717) is 5.56 Å². The Balaban J connectivity index is 1.82. The van der Waals surface area contributed by atoms with Crippen LogP contribution in [0.1, 0.15) is 34.1 Å². The molecule has 1 amide bonds. The Bertz CT molecular complexity index is 660. The van der Waals surface area contributed by atoms with Crippen molar-refractivity contribution in [2.75, 3.05) is 5.32 Å². The molecule has 1 aliphatic rings. The zero-order chi connectivity index (χ0) is 14.1. The summed E-state index contributed by atoms with van der Waals surface area (Å²) in [7, 11) is 1.86. The number of carbonyl (C=O) groups is 1. The molecular weight excluding hydrogens is 252 g/mol. The van der Waals surface area contributed by atoms with E-state index in [1.54, 1.807) is 4.68 Å². The van der Waals surface area contributed by atoms with Gasteiger partial charge in [0.15, 0.2) is 0 Å². The molecule has 5 heteroatoms. The first-order valence-corrected chi connectivity index (χ1v) is 6.83. The maximum atomic E-state index is 12.3. The maximum absolute atomic E-state index is 12.3. The fourth-order valence-electron chi connectivity index (χ4n) is 2.53. The third-order valence-electron chi connectivity index (χ3n) is 3.59. The van der Waals surface area contributed by atoms with Crippen LogP contribution in [0.4, 0.5) is 5.69 Å². The molecule has 5 nitrogen and oxygen atoms in total.